The first-order valence-electron chi connectivity index (χ1n) is 8.80. The summed E-state index contributed by atoms with van der Waals surface area (Å²) in [6.45, 7) is 2.54. The van der Waals surface area contributed by atoms with Crippen LogP contribution in [-0.2, 0) is 4.79 Å². The van der Waals surface area contributed by atoms with Gasteiger partial charge in [-0.1, -0.05) is 65.7 Å². The third-order valence-electron chi connectivity index (χ3n) is 4.33. The number of thioether (sulfide) groups is 1. The summed E-state index contributed by atoms with van der Waals surface area (Å²) in [6, 6.07) is 18.1. The second kappa shape index (κ2) is 11.4. The highest BCUT2D eigenvalue weighted by atomic mass is 35.5. The summed E-state index contributed by atoms with van der Waals surface area (Å²) in [7, 11) is 0. The van der Waals surface area contributed by atoms with Gasteiger partial charge in [-0.3, -0.25) is 4.79 Å². The van der Waals surface area contributed by atoms with Gasteiger partial charge < -0.3 is 10.6 Å². The number of hydrogen-bond donors (Lipinski definition) is 2. The predicted molar refractivity (Wildman–Crippen MR) is 118 cm³/mol. The van der Waals surface area contributed by atoms with Crippen molar-refractivity contribution in [3.05, 3.63) is 82.4 Å². The van der Waals surface area contributed by atoms with E-state index in [0.29, 0.717) is 12.3 Å². The van der Waals surface area contributed by atoms with Gasteiger partial charge in [-0.15, -0.1) is 24.2 Å². The van der Waals surface area contributed by atoms with E-state index in [2.05, 4.69) is 28.8 Å². The van der Waals surface area contributed by atoms with Crippen LogP contribution in [0.1, 0.15) is 22.8 Å². The van der Waals surface area contributed by atoms with Gasteiger partial charge in [0.15, 0.2) is 0 Å². The van der Waals surface area contributed by atoms with E-state index in [0.717, 1.165) is 30.1 Å². The zero-order valence-electron chi connectivity index (χ0n) is 15.0. The summed E-state index contributed by atoms with van der Waals surface area (Å²) >= 11 is 7.67. The summed E-state index contributed by atoms with van der Waals surface area (Å²) in [5.41, 5.74) is 3.65. The molecule has 2 N–H and O–H groups in total. The molecule has 3 nitrogen and oxygen atoms in total. The second-order valence-corrected chi connectivity index (χ2v) is 7.78. The molecule has 1 aliphatic rings. The Labute approximate surface area is 176 Å². The molecule has 144 valence electrons. The molecular weight excluding hydrogens is 399 g/mol. The molecule has 0 radical (unpaired) electrons. The van der Waals surface area contributed by atoms with E-state index < -0.39 is 0 Å². The van der Waals surface area contributed by atoms with E-state index in [1.807, 2.05) is 42.5 Å². The molecule has 1 heterocycles. The minimum Gasteiger partial charge on any atom is -0.352 e. The Bertz CT molecular complexity index is 751. The molecular formula is C21H24Cl2N2OS. The van der Waals surface area contributed by atoms with Crippen molar-refractivity contribution in [2.45, 2.75) is 11.7 Å². The third kappa shape index (κ3) is 6.89. The van der Waals surface area contributed by atoms with Crippen LogP contribution in [0.4, 0.5) is 0 Å². The molecule has 0 aromatic heterocycles. The highest BCUT2D eigenvalue weighted by Crippen LogP contribution is 2.35. The lowest BCUT2D eigenvalue weighted by atomic mass is 10.0. The summed E-state index contributed by atoms with van der Waals surface area (Å²) in [6.07, 6.45) is 3.17. The molecule has 27 heavy (non-hydrogen) atoms. The maximum Gasteiger partial charge on any atom is 0.230 e. The molecule has 1 unspecified atom stereocenters. The lowest BCUT2D eigenvalue weighted by Gasteiger charge is -2.18. The first kappa shape index (κ1) is 21.8. The van der Waals surface area contributed by atoms with Gasteiger partial charge in [-0.25, -0.2) is 0 Å². The van der Waals surface area contributed by atoms with Crippen LogP contribution >= 0.6 is 35.8 Å². The molecule has 0 saturated carbocycles. The number of hydrogen-bond acceptors (Lipinski definition) is 3. The van der Waals surface area contributed by atoms with Crippen molar-refractivity contribution in [1.82, 2.24) is 10.6 Å². The van der Waals surface area contributed by atoms with Crippen molar-refractivity contribution in [3.8, 4) is 0 Å². The molecule has 6 heteroatoms. The molecule has 3 rings (SSSR count). The van der Waals surface area contributed by atoms with Crippen molar-refractivity contribution >= 4 is 41.7 Å². The predicted octanol–water partition coefficient (Wildman–Crippen LogP) is 4.62. The van der Waals surface area contributed by atoms with Gasteiger partial charge in [-0.05, 0) is 36.2 Å². The monoisotopic (exact) mass is 422 g/mol. The van der Waals surface area contributed by atoms with Crippen molar-refractivity contribution in [2.75, 3.05) is 25.4 Å². The zero-order chi connectivity index (χ0) is 18.2. The van der Waals surface area contributed by atoms with Gasteiger partial charge >= 0.3 is 0 Å². The van der Waals surface area contributed by atoms with E-state index in [1.165, 1.54) is 11.1 Å². The van der Waals surface area contributed by atoms with Crippen molar-refractivity contribution in [3.63, 3.8) is 0 Å². The first-order chi connectivity index (χ1) is 12.7. The van der Waals surface area contributed by atoms with Gasteiger partial charge in [0, 0.05) is 18.1 Å². The lowest BCUT2D eigenvalue weighted by Crippen LogP contribution is -2.30. The summed E-state index contributed by atoms with van der Waals surface area (Å²) in [5, 5.41) is 7.15. The average molecular weight is 423 g/mol. The fourth-order valence-electron chi connectivity index (χ4n) is 2.90. The van der Waals surface area contributed by atoms with Crippen LogP contribution in [0.3, 0.4) is 0 Å². The van der Waals surface area contributed by atoms with Gasteiger partial charge in [0.2, 0.25) is 5.91 Å². The van der Waals surface area contributed by atoms with E-state index >= 15 is 0 Å². The minimum absolute atomic E-state index is 0. The molecule has 2 aromatic rings. The Morgan fingerprint density at radius 3 is 2.48 bits per heavy atom. The summed E-state index contributed by atoms with van der Waals surface area (Å²) < 4.78 is 0. The van der Waals surface area contributed by atoms with Gasteiger partial charge in [-0.2, -0.15) is 0 Å². The molecule has 1 aliphatic heterocycles. The molecule has 0 fully saturated rings. The maximum atomic E-state index is 12.3. The zero-order valence-corrected chi connectivity index (χ0v) is 17.4. The number of amides is 1. The molecule has 2 aromatic carbocycles. The first-order valence-corrected chi connectivity index (χ1v) is 10.2. The van der Waals surface area contributed by atoms with Crippen LogP contribution in [0.25, 0.3) is 0 Å². The highest BCUT2D eigenvalue weighted by Gasteiger charge is 2.16. The molecule has 1 amide bonds. The fraction of sp³-hybridized carbons (Fsp3) is 0.286. The minimum atomic E-state index is 0. The van der Waals surface area contributed by atoms with Crippen LogP contribution in [0, 0.1) is 0 Å². The summed E-state index contributed by atoms with van der Waals surface area (Å²) in [4.78, 5) is 12.3. The highest BCUT2D eigenvalue weighted by molar-refractivity contribution is 8.00. The average Bonchev–Trinajstić information content (AvgIpc) is 2.69. The third-order valence-corrected chi connectivity index (χ3v) is 5.89. The number of benzene rings is 2. The number of carbonyl (C=O) groups excluding carboxylic acids is 1. The van der Waals surface area contributed by atoms with Crippen LogP contribution in [0.15, 0.2) is 66.2 Å². The SMILES string of the molecule is Cl.O=C(CSC(c1ccccc1)c1ccc(Cl)cc1)NCC1=CCNCC1. The van der Waals surface area contributed by atoms with Crippen LogP contribution in [0.5, 0.6) is 0 Å². The number of carbonyl (C=O) groups is 1. The van der Waals surface area contributed by atoms with Gasteiger partial charge in [0.25, 0.3) is 0 Å². The Kier molecular flexibility index (Phi) is 9.22. The fourth-order valence-corrected chi connectivity index (χ4v) is 4.15. The quantitative estimate of drug-likeness (QED) is 0.639. The Morgan fingerprint density at radius 2 is 1.81 bits per heavy atom. The Hall–Kier alpha value is -1.46. The van der Waals surface area contributed by atoms with Crippen molar-refractivity contribution in [2.24, 2.45) is 0 Å². The van der Waals surface area contributed by atoms with Gasteiger partial charge in [0.1, 0.15) is 0 Å². The molecule has 0 aliphatic carbocycles. The lowest BCUT2D eigenvalue weighted by molar-refractivity contribution is -0.118. The van der Waals surface area contributed by atoms with E-state index in [1.54, 1.807) is 11.8 Å². The Balaban J connectivity index is 0.00000261. The van der Waals surface area contributed by atoms with E-state index in [9.17, 15) is 4.79 Å². The second-order valence-electron chi connectivity index (χ2n) is 6.25. The van der Waals surface area contributed by atoms with Crippen LogP contribution in [-0.4, -0.2) is 31.3 Å². The summed E-state index contributed by atoms with van der Waals surface area (Å²) in [5.74, 6) is 0.498. The smallest absolute Gasteiger partial charge is 0.230 e. The standard InChI is InChI=1S/C21H23ClN2OS.ClH/c22-19-8-6-18(7-9-19)21(17-4-2-1-3-5-17)26-15-20(25)24-14-16-10-12-23-13-11-16;/h1-10,21,23H,11-15H2,(H,24,25);1H. The Morgan fingerprint density at radius 1 is 1.11 bits per heavy atom. The number of nitrogens with one attached hydrogen (secondary N) is 2. The normalized spacial score (nSPS) is 14.6. The molecule has 0 spiro atoms. The van der Waals surface area contributed by atoms with E-state index in [4.69, 9.17) is 11.6 Å². The molecule has 0 saturated heterocycles. The van der Waals surface area contributed by atoms with Crippen LogP contribution in [0.2, 0.25) is 5.02 Å². The number of halogens is 2. The number of rotatable bonds is 7. The van der Waals surface area contributed by atoms with Gasteiger partial charge in [0.05, 0.1) is 11.0 Å². The van der Waals surface area contributed by atoms with Crippen molar-refractivity contribution < 1.29 is 4.79 Å². The van der Waals surface area contributed by atoms with Crippen LogP contribution < -0.4 is 10.6 Å². The maximum absolute atomic E-state index is 12.3. The topological polar surface area (TPSA) is 41.1 Å². The van der Waals surface area contributed by atoms with E-state index in [-0.39, 0.29) is 23.6 Å². The largest absolute Gasteiger partial charge is 0.352 e. The van der Waals surface area contributed by atoms with Crippen molar-refractivity contribution in [1.29, 1.82) is 0 Å². The molecule has 1 atom stereocenters. The molecule has 0 bridgehead atoms.